The molecule has 0 bridgehead atoms. The molecular weight excluding hydrogens is 174 g/mol. The first-order valence-electron chi connectivity index (χ1n) is 4.00. The summed E-state index contributed by atoms with van der Waals surface area (Å²) in [5.41, 5.74) is 5.68. The van der Waals surface area contributed by atoms with E-state index in [2.05, 4.69) is 0 Å². The van der Waals surface area contributed by atoms with Gasteiger partial charge in [-0.05, 0) is 44.0 Å². The van der Waals surface area contributed by atoms with Crippen molar-refractivity contribution in [3.05, 3.63) is 23.1 Å². The molecule has 0 fully saturated rings. The van der Waals surface area contributed by atoms with Crippen molar-refractivity contribution in [1.82, 2.24) is 0 Å². The van der Waals surface area contributed by atoms with Gasteiger partial charge < -0.3 is 10.2 Å². The van der Waals surface area contributed by atoms with Gasteiger partial charge in [0.25, 0.3) is 0 Å². The first kappa shape index (κ1) is 9.62. The van der Waals surface area contributed by atoms with Gasteiger partial charge in [0.2, 0.25) is 0 Å². The summed E-state index contributed by atoms with van der Waals surface area (Å²) in [5.74, 6) is 0.901. The molecule has 1 aromatic rings. The van der Waals surface area contributed by atoms with E-state index in [9.17, 15) is 0 Å². The van der Waals surface area contributed by atoms with E-state index in [1.165, 1.54) is 0 Å². The zero-order valence-corrected chi connectivity index (χ0v) is 8.19. The maximum atomic E-state index is 5.82. The van der Waals surface area contributed by atoms with Crippen molar-refractivity contribution in [2.75, 3.05) is 0 Å². The Labute approximate surface area is 77.7 Å². The smallest absolute Gasteiger partial charge is 0.193 e. The Kier molecular flexibility index (Phi) is 2.80. The number of nitrogens with two attached hydrogens (primary N) is 1. The van der Waals surface area contributed by atoms with Gasteiger partial charge >= 0.3 is 0 Å². The minimum absolute atomic E-state index is 0.140. The fraction of sp³-hybridized carbons (Fsp3) is 0.556. The highest BCUT2D eigenvalue weighted by atomic mass is 35.5. The van der Waals surface area contributed by atoms with Gasteiger partial charge in [-0.25, -0.2) is 0 Å². The standard InChI is InChI=1S/C9H14ClNO/c1-9(2,11)6-5-7-3-4-8(10)12-7/h3-4H,5-6,11H2,1-2H3. The molecule has 0 aliphatic carbocycles. The molecular formula is C9H14ClNO. The van der Waals surface area contributed by atoms with Crippen LogP contribution in [-0.4, -0.2) is 5.54 Å². The molecule has 0 aromatic carbocycles. The molecule has 0 aliphatic rings. The lowest BCUT2D eigenvalue weighted by atomic mass is 9.99. The van der Waals surface area contributed by atoms with E-state index in [1.807, 2.05) is 19.9 Å². The fourth-order valence-electron chi connectivity index (χ4n) is 0.931. The maximum Gasteiger partial charge on any atom is 0.193 e. The summed E-state index contributed by atoms with van der Waals surface area (Å²) in [6, 6.07) is 3.63. The Morgan fingerprint density at radius 1 is 1.50 bits per heavy atom. The Bertz CT molecular complexity index is 249. The van der Waals surface area contributed by atoms with Crippen molar-refractivity contribution in [1.29, 1.82) is 0 Å². The van der Waals surface area contributed by atoms with Crippen molar-refractivity contribution < 1.29 is 4.42 Å². The van der Waals surface area contributed by atoms with Crippen LogP contribution in [0.25, 0.3) is 0 Å². The summed E-state index contributed by atoms with van der Waals surface area (Å²) >= 11 is 5.61. The molecule has 2 N–H and O–H groups in total. The molecule has 1 rings (SSSR count). The van der Waals surface area contributed by atoms with Crippen LogP contribution in [0.3, 0.4) is 0 Å². The van der Waals surface area contributed by atoms with Crippen LogP contribution in [0, 0.1) is 0 Å². The highest BCUT2D eigenvalue weighted by Gasteiger charge is 2.11. The molecule has 3 heteroatoms. The number of hydrogen-bond acceptors (Lipinski definition) is 2. The van der Waals surface area contributed by atoms with E-state index >= 15 is 0 Å². The molecule has 0 atom stereocenters. The van der Waals surface area contributed by atoms with E-state index in [0.29, 0.717) is 5.22 Å². The number of halogens is 1. The molecule has 68 valence electrons. The first-order chi connectivity index (χ1) is 5.47. The number of hydrogen-bond donors (Lipinski definition) is 1. The van der Waals surface area contributed by atoms with Gasteiger partial charge in [0, 0.05) is 12.0 Å². The highest BCUT2D eigenvalue weighted by molar-refractivity contribution is 6.28. The van der Waals surface area contributed by atoms with Crippen LogP contribution in [0.5, 0.6) is 0 Å². The van der Waals surface area contributed by atoms with Gasteiger partial charge in [0.15, 0.2) is 5.22 Å². The first-order valence-corrected chi connectivity index (χ1v) is 4.38. The van der Waals surface area contributed by atoms with Crippen LogP contribution >= 0.6 is 11.6 Å². The molecule has 12 heavy (non-hydrogen) atoms. The summed E-state index contributed by atoms with van der Waals surface area (Å²) in [4.78, 5) is 0. The minimum Gasteiger partial charge on any atom is -0.450 e. The predicted octanol–water partition coefficient (Wildman–Crippen LogP) is 2.60. The largest absolute Gasteiger partial charge is 0.450 e. The van der Waals surface area contributed by atoms with E-state index in [-0.39, 0.29) is 5.54 Å². The molecule has 2 nitrogen and oxygen atoms in total. The van der Waals surface area contributed by atoms with Crippen LogP contribution < -0.4 is 5.73 Å². The zero-order chi connectivity index (χ0) is 9.19. The van der Waals surface area contributed by atoms with Gasteiger partial charge in [-0.2, -0.15) is 0 Å². The summed E-state index contributed by atoms with van der Waals surface area (Å²) < 4.78 is 5.19. The molecule has 0 unspecified atom stereocenters. The third-order valence-electron chi connectivity index (χ3n) is 1.64. The van der Waals surface area contributed by atoms with Gasteiger partial charge in [0.1, 0.15) is 5.76 Å². The zero-order valence-electron chi connectivity index (χ0n) is 7.43. The van der Waals surface area contributed by atoms with Crippen molar-refractivity contribution in [2.24, 2.45) is 5.73 Å². The van der Waals surface area contributed by atoms with E-state index in [4.69, 9.17) is 21.8 Å². The van der Waals surface area contributed by atoms with Crippen LogP contribution in [0.15, 0.2) is 16.5 Å². The second kappa shape index (κ2) is 3.50. The average Bonchev–Trinajstić information content (AvgIpc) is 2.30. The molecule has 1 aromatic heterocycles. The predicted molar refractivity (Wildman–Crippen MR) is 50.3 cm³/mol. The summed E-state index contributed by atoms with van der Waals surface area (Å²) in [6.45, 7) is 4.00. The van der Waals surface area contributed by atoms with E-state index < -0.39 is 0 Å². The second-order valence-corrected chi connectivity index (χ2v) is 4.07. The van der Waals surface area contributed by atoms with E-state index in [1.54, 1.807) is 6.07 Å². The van der Waals surface area contributed by atoms with Crippen LogP contribution in [0.2, 0.25) is 5.22 Å². The maximum absolute atomic E-state index is 5.82. The molecule has 1 heterocycles. The summed E-state index contributed by atoms with van der Waals surface area (Å²) in [6.07, 6.45) is 1.74. The normalized spacial score (nSPS) is 12.0. The topological polar surface area (TPSA) is 39.2 Å². The van der Waals surface area contributed by atoms with Gasteiger partial charge in [0.05, 0.1) is 0 Å². The molecule has 0 aliphatic heterocycles. The lowest BCUT2D eigenvalue weighted by Gasteiger charge is -2.16. The van der Waals surface area contributed by atoms with Crippen LogP contribution in [0.1, 0.15) is 26.0 Å². The van der Waals surface area contributed by atoms with E-state index in [0.717, 1.165) is 18.6 Å². The minimum atomic E-state index is -0.140. The number of furan rings is 1. The number of rotatable bonds is 3. The van der Waals surface area contributed by atoms with Crippen LogP contribution in [0.4, 0.5) is 0 Å². The van der Waals surface area contributed by atoms with Crippen LogP contribution in [-0.2, 0) is 6.42 Å². The second-order valence-electron chi connectivity index (χ2n) is 3.69. The monoisotopic (exact) mass is 187 g/mol. The Morgan fingerprint density at radius 2 is 2.17 bits per heavy atom. The van der Waals surface area contributed by atoms with Gasteiger partial charge in [-0.3, -0.25) is 0 Å². The van der Waals surface area contributed by atoms with Gasteiger partial charge in [-0.15, -0.1) is 0 Å². The Hall–Kier alpha value is -0.470. The highest BCUT2D eigenvalue weighted by Crippen LogP contribution is 2.16. The van der Waals surface area contributed by atoms with Crippen molar-refractivity contribution in [3.63, 3.8) is 0 Å². The third-order valence-corrected chi connectivity index (χ3v) is 1.85. The van der Waals surface area contributed by atoms with Gasteiger partial charge in [-0.1, -0.05) is 0 Å². The number of aryl methyl sites for hydroxylation is 1. The lowest BCUT2D eigenvalue weighted by Crippen LogP contribution is -2.32. The average molecular weight is 188 g/mol. The SMILES string of the molecule is CC(C)(N)CCc1ccc(Cl)o1. The molecule has 0 saturated carbocycles. The van der Waals surface area contributed by atoms with Crippen molar-refractivity contribution in [2.45, 2.75) is 32.2 Å². The third kappa shape index (κ3) is 3.28. The Balaban J connectivity index is 2.44. The lowest BCUT2D eigenvalue weighted by molar-refractivity contribution is 0.433. The summed E-state index contributed by atoms with van der Waals surface area (Å²) in [5, 5.41) is 0.444. The molecule has 0 radical (unpaired) electrons. The molecule has 0 spiro atoms. The van der Waals surface area contributed by atoms with Crippen molar-refractivity contribution in [3.8, 4) is 0 Å². The quantitative estimate of drug-likeness (QED) is 0.790. The molecule has 0 amide bonds. The fourth-order valence-corrected chi connectivity index (χ4v) is 1.09. The van der Waals surface area contributed by atoms with Crippen molar-refractivity contribution >= 4 is 11.6 Å². The summed E-state index contributed by atoms with van der Waals surface area (Å²) in [7, 11) is 0. The molecule has 0 saturated heterocycles. The Morgan fingerprint density at radius 3 is 2.58 bits per heavy atom.